The molecule has 16 nitrogen and oxygen atoms in total. The van der Waals surface area contributed by atoms with Crippen LogP contribution in [-0.4, -0.2) is 153 Å². The second-order valence-electron chi connectivity index (χ2n) is 17.9. The molecule has 3 aromatic rings. The number of likely N-dealkylation sites (N-methyl/N-ethyl adjacent to an activating group) is 1. The largest absolute Gasteiger partial charge is 0.455 e. The quantitative estimate of drug-likeness (QED) is 0.134. The summed E-state index contributed by atoms with van der Waals surface area (Å²) in [6.45, 7) is 13.3. The third-order valence-corrected chi connectivity index (χ3v) is 13.9. The van der Waals surface area contributed by atoms with Crippen LogP contribution in [0.3, 0.4) is 0 Å². The first-order valence-electron chi connectivity index (χ1n) is 21.4. The number of para-hydroxylation sites is 1. The molecule has 1 amide bonds. The van der Waals surface area contributed by atoms with Crippen molar-refractivity contribution < 1.29 is 47.6 Å². The van der Waals surface area contributed by atoms with Crippen molar-refractivity contribution in [3.63, 3.8) is 0 Å². The third kappa shape index (κ3) is 10.3. The van der Waals surface area contributed by atoms with E-state index in [4.69, 9.17) is 23.7 Å². The van der Waals surface area contributed by atoms with Gasteiger partial charge in [0.2, 0.25) is 0 Å². The molecule has 2 N–H and O–H groups in total. The van der Waals surface area contributed by atoms with Crippen LogP contribution in [0.1, 0.15) is 94.4 Å². The van der Waals surface area contributed by atoms with Crippen LogP contribution in [0.25, 0.3) is 20.9 Å². The summed E-state index contributed by atoms with van der Waals surface area (Å²) in [6, 6.07) is 6.58. The number of nitrogens with zero attached hydrogens (tertiary/aromatic N) is 6. The summed E-state index contributed by atoms with van der Waals surface area (Å²) in [6.07, 6.45) is -1.70. The Balaban J connectivity index is 0.00000726. The van der Waals surface area contributed by atoms with Crippen LogP contribution in [-0.2, 0) is 39.8 Å². The predicted octanol–water partition coefficient (Wildman–Crippen LogP) is 5.79. The second-order valence-corrected chi connectivity index (χ2v) is 18.9. The van der Waals surface area contributed by atoms with Crippen molar-refractivity contribution in [3.05, 3.63) is 30.5 Å². The van der Waals surface area contributed by atoms with Gasteiger partial charge in [-0.25, -0.2) is 19.0 Å². The summed E-state index contributed by atoms with van der Waals surface area (Å²) < 4.78 is 50.2. The van der Waals surface area contributed by atoms with E-state index in [1.165, 1.54) is 7.11 Å². The van der Waals surface area contributed by atoms with Crippen molar-refractivity contribution in [3.8, 4) is 10.7 Å². The number of hydrogen-bond donors (Lipinski definition) is 2. The van der Waals surface area contributed by atoms with Gasteiger partial charge in [0.05, 0.1) is 40.3 Å². The summed E-state index contributed by atoms with van der Waals surface area (Å²) in [7, 11) is 5.20. The predicted molar refractivity (Wildman–Crippen MR) is 233 cm³/mol. The molecule has 2 aromatic heterocycles. The first-order valence-corrected chi connectivity index (χ1v) is 22.3. The molecular weight excluding hydrogens is 822 g/mol. The molecule has 4 unspecified atom stereocenters. The van der Waals surface area contributed by atoms with Gasteiger partial charge in [0.15, 0.2) is 17.7 Å². The number of ether oxygens (including phenoxy) is 5. The highest BCUT2D eigenvalue weighted by Crippen LogP contribution is 2.40. The molecule has 1 aromatic carbocycles. The number of alkyl halides is 1. The summed E-state index contributed by atoms with van der Waals surface area (Å²) in [5, 5.41) is 24.4. The van der Waals surface area contributed by atoms with Gasteiger partial charge in [0.25, 0.3) is 5.67 Å². The number of rotatable bonds is 11. The molecule has 3 aliphatic rings. The van der Waals surface area contributed by atoms with E-state index in [1.807, 2.05) is 70.2 Å². The number of ketones is 1. The molecule has 62 heavy (non-hydrogen) atoms. The molecule has 0 spiro atoms. The van der Waals surface area contributed by atoms with Crippen LogP contribution in [0.4, 0.5) is 9.18 Å². The molecule has 3 aliphatic heterocycles. The smallest absolute Gasteiger partial charge is 0.410 e. The Hall–Kier alpha value is -3.65. The summed E-state index contributed by atoms with van der Waals surface area (Å²) in [4.78, 5) is 49.9. The first-order chi connectivity index (χ1) is 28.8. The van der Waals surface area contributed by atoms with E-state index in [1.54, 1.807) is 41.7 Å². The number of halogens is 1. The fourth-order valence-corrected chi connectivity index (χ4v) is 10.1. The van der Waals surface area contributed by atoms with Crippen molar-refractivity contribution in [2.75, 3.05) is 34.3 Å². The van der Waals surface area contributed by atoms with E-state index < -0.39 is 77.8 Å². The number of aromatic nitrogens is 4. The average molecular weight is 890 g/mol. The number of benzene rings is 1. The Morgan fingerprint density at radius 1 is 1.10 bits per heavy atom. The van der Waals surface area contributed by atoms with Gasteiger partial charge >= 0.3 is 12.1 Å². The number of aliphatic hydroxyl groups excluding tert-OH is 1. The molecule has 346 valence electrons. The lowest BCUT2D eigenvalue weighted by molar-refractivity contribution is -0.289. The van der Waals surface area contributed by atoms with Crippen LogP contribution >= 0.6 is 11.3 Å². The van der Waals surface area contributed by atoms with Crippen molar-refractivity contribution >= 4 is 39.4 Å². The highest BCUT2D eigenvalue weighted by atomic mass is 32.1. The number of methoxy groups -OCH3 is 1. The van der Waals surface area contributed by atoms with Gasteiger partial charge in [-0.05, 0) is 105 Å². The average Bonchev–Trinajstić information content (AvgIpc) is 3.93. The van der Waals surface area contributed by atoms with Gasteiger partial charge in [0, 0.05) is 38.7 Å². The number of amides is 1. The van der Waals surface area contributed by atoms with Gasteiger partial charge in [-0.15, -0.1) is 16.4 Å². The molecular formula is C44H68FN7O9S. The number of aryl methyl sites for hydroxylation is 1. The van der Waals surface area contributed by atoms with Crippen molar-refractivity contribution in [1.82, 2.24) is 35.1 Å². The van der Waals surface area contributed by atoms with Crippen molar-refractivity contribution in [2.45, 2.75) is 167 Å². The van der Waals surface area contributed by atoms with Gasteiger partial charge in [-0.3, -0.25) is 14.4 Å². The number of hydrogen-bond acceptors (Lipinski definition) is 15. The maximum absolute atomic E-state index is 16.7. The lowest BCUT2D eigenvalue weighted by Gasteiger charge is -2.45. The fourth-order valence-electron chi connectivity index (χ4n) is 9.18. The molecule has 3 fully saturated rings. The zero-order valence-corrected chi connectivity index (χ0v) is 37.9. The monoisotopic (exact) mass is 889 g/mol. The Kier molecular flexibility index (Phi) is 15.9. The van der Waals surface area contributed by atoms with Gasteiger partial charge in [-0.1, -0.05) is 38.6 Å². The van der Waals surface area contributed by atoms with Crippen LogP contribution in [0.2, 0.25) is 0 Å². The van der Waals surface area contributed by atoms with E-state index >= 15 is 4.39 Å². The number of cyclic esters (lactones) is 1. The Morgan fingerprint density at radius 3 is 2.48 bits per heavy atom. The molecule has 5 heterocycles. The van der Waals surface area contributed by atoms with Crippen LogP contribution in [0.15, 0.2) is 30.5 Å². The molecule has 0 bridgehead atoms. The molecule has 3 saturated heterocycles. The molecule has 12 atom stereocenters. The topological polar surface area (TPSA) is 180 Å². The maximum atomic E-state index is 16.7. The zero-order chi connectivity index (χ0) is 44.4. The summed E-state index contributed by atoms with van der Waals surface area (Å²) in [5.74, 6) is -2.58. The summed E-state index contributed by atoms with van der Waals surface area (Å²) >= 11 is 1.56. The minimum atomic E-state index is -3.10. The molecule has 6 rings (SSSR count). The number of fused-ring (bicyclic) bond motifs is 2. The SMILES string of the molecule is C.CC[C@H]1OC(=O)C(C)(F)C(=O)C[C@@H](O[C@@H]2OC(C)CC(N(C)C)C2O)[C@](C)(OC)C[C@@H](C)CN[C@H](C)[C@H]2N(CCCCn3cc(-c4nc5ccccc5s4)nn3)C(=O)O[C@]12C. The van der Waals surface area contributed by atoms with Crippen molar-refractivity contribution in [2.24, 2.45) is 5.92 Å². The van der Waals surface area contributed by atoms with Crippen LogP contribution < -0.4 is 5.32 Å². The van der Waals surface area contributed by atoms with E-state index in [-0.39, 0.29) is 31.9 Å². The number of thiazole rings is 1. The standard InChI is InChI=1S/C43H64FN7O9S.CH4/c1-11-33-43(7)36(51(40(55)60-43)19-15-14-18-50-24-29(47-48-50)37-46-28-16-12-13-17-31(28)61-37)27(4)45-23-25(2)22-41(5,56-10)34(21-32(52)42(6,44)39(54)59-33)58-38-35(53)30(49(8)9)20-26(3)57-38;/h12-13,16-17,24-27,30,33-36,38,45,53H,11,14-15,18-23H2,1-10H3;1H4/t25-,26?,27-,30?,33-,34-,35?,36-,38+,41-,42?,43-;/m1./s1. The minimum Gasteiger partial charge on any atom is -0.455 e. The molecule has 0 radical (unpaired) electrons. The number of nitrogens with one attached hydrogen (secondary N) is 1. The van der Waals surface area contributed by atoms with E-state index in [0.717, 1.165) is 22.1 Å². The lowest BCUT2D eigenvalue weighted by Crippen LogP contribution is -2.61. The molecule has 0 aliphatic carbocycles. The van der Waals surface area contributed by atoms with Gasteiger partial charge in [0.1, 0.15) is 22.9 Å². The first kappa shape index (κ1) is 49.4. The molecule has 18 heteroatoms. The third-order valence-electron chi connectivity index (χ3n) is 12.8. The number of carbonyl (C=O) groups is 3. The number of carbonyl (C=O) groups excluding carboxylic acids is 3. The maximum Gasteiger partial charge on any atom is 0.410 e. The number of Topliss-reactive ketones (excluding diaryl/α,β-unsaturated/α-hetero) is 1. The van der Waals surface area contributed by atoms with Crippen LogP contribution in [0, 0.1) is 5.92 Å². The second kappa shape index (κ2) is 20.0. The number of unbranched alkanes of at least 4 members (excludes halogenated alkanes) is 1. The van der Waals surface area contributed by atoms with E-state index in [2.05, 4.69) is 20.6 Å². The Labute approximate surface area is 369 Å². The minimum absolute atomic E-state index is 0. The Bertz CT molecular complexity index is 1970. The molecule has 0 saturated carbocycles. The van der Waals surface area contributed by atoms with Gasteiger partial charge in [-0.2, -0.15) is 0 Å². The lowest BCUT2D eigenvalue weighted by atomic mass is 9.83. The zero-order valence-electron chi connectivity index (χ0n) is 37.1. The van der Waals surface area contributed by atoms with Crippen LogP contribution in [0.5, 0.6) is 0 Å². The number of aliphatic hydroxyl groups is 1. The normalized spacial score (nSPS) is 35.2. The van der Waals surface area contributed by atoms with Crippen molar-refractivity contribution in [1.29, 1.82) is 0 Å². The number of esters is 1. The Morgan fingerprint density at radius 2 is 1.81 bits per heavy atom. The highest BCUT2D eigenvalue weighted by molar-refractivity contribution is 7.21. The fraction of sp³-hybridized carbons (Fsp3) is 0.727. The van der Waals surface area contributed by atoms with E-state index in [0.29, 0.717) is 51.0 Å². The summed E-state index contributed by atoms with van der Waals surface area (Å²) in [5.41, 5.74) is -4.11. The van der Waals surface area contributed by atoms with Gasteiger partial charge < -0.3 is 39.0 Å². The highest BCUT2D eigenvalue weighted by Gasteiger charge is 2.59. The van der Waals surface area contributed by atoms with E-state index in [9.17, 15) is 19.5 Å².